The molecule has 6 heteroatoms. The van der Waals surface area contributed by atoms with Gasteiger partial charge in [-0.05, 0) is 81.4 Å². The smallest absolute Gasteiger partial charge is 0.159 e. The van der Waals surface area contributed by atoms with Gasteiger partial charge in [-0.25, -0.2) is 0 Å². The summed E-state index contributed by atoms with van der Waals surface area (Å²) in [6, 6.07) is 65.0. The van der Waals surface area contributed by atoms with Crippen LogP contribution in [-0.2, 0) is 0 Å². The van der Waals surface area contributed by atoms with Crippen LogP contribution in [0.4, 0.5) is 0 Å². The lowest BCUT2D eigenvalue weighted by atomic mass is 10.0. The highest BCUT2D eigenvalue weighted by Crippen LogP contribution is 2.43. The highest BCUT2D eigenvalue weighted by molar-refractivity contribution is 6.18. The predicted molar refractivity (Wildman–Crippen MR) is 241 cm³/mol. The van der Waals surface area contributed by atoms with Gasteiger partial charge in [0.2, 0.25) is 0 Å². The molecule has 3 N–H and O–H groups in total. The van der Waals surface area contributed by atoms with Gasteiger partial charge in [-0.1, -0.05) is 133 Å². The molecular formula is C53H36N4O2. The minimum atomic E-state index is -0.250. The molecular weight excluding hydrogens is 725 g/mol. The van der Waals surface area contributed by atoms with Gasteiger partial charge in [0.15, 0.2) is 5.58 Å². The minimum Gasteiger partial charge on any atom is -0.456 e. The van der Waals surface area contributed by atoms with Crippen LogP contribution in [0.2, 0.25) is 0 Å². The van der Waals surface area contributed by atoms with Gasteiger partial charge in [-0.2, -0.15) is 0 Å². The molecule has 3 unspecified atom stereocenters. The molecule has 9 aromatic carbocycles. The Morgan fingerprint density at radius 1 is 0.339 bits per heavy atom. The van der Waals surface area contributed by atoms with E-state index in [9.17, 15) is 0 Å². The number of hydrogen-bond donors (Lipinski definition) is 3. The molecule has 4 heterocycles. The first kappa shape index (κ1) is 32.8. The second-order valence-electron chi connectivity index (χ2n) is 15.8. The molecule has 280 valence electrons. The number of nitrogens with zero attached hydrogens (tertiary/aromatic N) is 1. The summed E-state index contributed by atoms with van der Waals surface area (Å²) in [6.45, 7) is 0. The normalized spacial score (nSPS) is 17.5. The zero-order valence-electron chi connectivity index (χ0n) is 31.8. The van der Waals surface area contributed by atoms with Gasteiger partial charge >= 0.3 is 0 Å². The molecule has 0 bridgehead atoms. The third kappa shape index (κ3) is 5.04. The molecule has 1 aliphatic heterocycles. The maximum Gasteiger partial charge on any atom is 0.159 e. The first-order chi connectivity index (χ1) is 29.2. The first-order valence-electron chi connectivity index (χ1n) is 20.3. The Morgan fingerprint density at radius 3 is 1.83 bits per heavy atom. The van der Waals surface area contributed by atoms with Gasteiger partial charge in [-0.3, -0.25) is 16.0 Å². The Hall–Kier alpha value is -7.22. The zero-order valence-corrected chi connectivity index (χ0v) is 31.8. The zero-order chi connectivity index (χ0) is 38.6. The van der Waals surface area contributed by atoms with Crippen molar-refractivity contribution in [1.82, 2.24) is 20.5 Å². The van der Waals surface area contributed by atoms with Crippen molar-refractivity contribution in [3.8, 4) is 5.69 Å². The lowest BCUT2D eigenvalue weighted by Crippen LogP contribution is -2.54. The highest BCUT2D eigenvalue weighted by Gasteiger charge is 2.32. The quantitative estimate of drug-likeness (QED) is 0.167. The van der Waals surface area contributed by atoms with Crippen LogP contribution in [0.25, 0.3) is 92.9 Å². The van der Waals surface area contributed by atoms with E-state index >= 15 is 0 Å². The fraction of sp³-hybridized carbons (Fsp3) is 0.0566. The molecule has 3 atom stereocenters. The summed E-state index contributed by atoms with van der Waals surface area (Å²) in [6.07, 6.45) is -0.601. The van der Waals surface area contributed by atoms with E-state index in [1.807, 2.05) is 12.1 Å². The number of nitrogens with one attached hydrogen (secondary N) is 3. The summed E-state index contributed by atoms with van der Waals surface area (Å²) in [7, 11) is 0. The summed E-state index contributed by atoms with van der Waals surface area (Å²) in [5.41, 5.74) is 10.1. The van der Waals surface area contributed by atoms with Crippen LogP contribution in [-0.4, -0.2) is 4.57 Å². The lowest BCUT2D eigenvalue weighted by Gasteiger charge is -2.39. The standard InChI is InChI=1S/C53H36N4O2/c1-2-13-32(14-3-1)51-54-52(35-23-24-40-39-19-9-11-21-47(39)58-48(40)30-35)56-53(55-51)36-27-43-41-25-22-31-12-6-7-17-37(31)49(41)59-50(43)46(29-36)57-44-20-10-8-18-38(44)42-26-33-15-4-5-16-34(33)28-45(42)57/h1-30,51-56H. The lowest BCUT2D eigenvalue weighted by molar-refractivity contribution is 0.203. The summed E-state index contributed by atoms with van der Waals surface area (Å²) >= 11 is 0. The molecule has 13 rings (SSSR count). The van der Waals surface area contributed by atoms with E-state index in [-0.39, 0.29) is 18.5 Å². The number of rotatable bonds is 4. The monoisotopic (exact) mass is 760 g/mol. The van der Waals surface area contributed by atoms with Gasteiger partial charge in [0, 0.05) is 37.7 Å². The van der Waals surface area contributed by atoms with Gasteiger partial charge < -0.3 is 13.4 Å². The van der Waals surface area contributed by atoms with Crippen molar-refractivity contribution in [1.29, 1.82) is 0 Å². The average molecular weight is 761 g/mol. The minimum absolute atomic E-state index is 0.150. The Kier molecular flexibility index (Phi) is 7.03. The second kappa shape index (κ2) is 12.6. The molecule has 3 aromatic heterocycles. The summed E-state index contributed by atoms with van der Waals surface area (Å²) in [5, 5.41) is 23.3. The van der Waals surface area contributed by atoms with Gasteiger partial charge in [0.1, 0.15) is 16.7 Å². The van der Waals surface area contributed by atoms with Crippen LogP contribution in [0, 0.1) is 0 Å². The first-order valence-corrected chi connectivity index (χ1v) is 20.3. The van der Waals surface area contributed by atoms with Crippen LogP contribution in [0.3, 0.4) is 0 Å². The van der Waals surface area contributed by atoms with E-state index in [0.29, 0.717) is 0 Å². The predicted octanol–water partition coefficient (Wildman–Crippen LogP) is 13.1. The van der Waals surface area contributed by atoms with Gasteiger partial charge in [0.05, 0.1) is 35.2 Å². The van der Waals surface area contributed by atoms with Crippen LogP contribution >= 0.6 is 0 Å². The van der Waals surface area contributed by atoms with Crippen LogP contribution < -0.4 is 16.0 Å². The van der Waals surface area contributed by atoms with Crippen molar-refractivity contribution in [2.24, 2.45) is 0 Å². The van der Waals surface area contributed by atoms with Crippen molar-refractivity contribution in [3.05, 3.63) is 199 Å². The number of furan rings is 2. The summed E-state index contributed by atoms with van der Waals surface area (Å²) in [4.78, 5) is 0. The van der Waals surface area contributed by atoms with Gasteiger partial charge in [0.25, 0.3) is 0 Å². The molecule has 59 heavy (non-hydrogen) atoms. The van der Waals surface area contributed by atoms with E-state index in [1.165, 1.54) is 21.5 Å². The average Bonchev–Trinajstić information content (AvgIpc) is 3.97. The maximum absolute atomic E-state index is 7.11. The molecule has 0 radical (unpaired) electrons. The molecule has 6 nitrogen and oxygen atoms in total. The Balaban J connectivity index is 1.06. The Morgan fingerprint density at radius 2 is 0.983 bits per heavy atom. The molecule has 0 amide bonds. The molecule has 12 aromatic rings. The number of hydrogen-bond acceptors (Lipinski definition) is 5. The van der Waals surface area contributed by atoms with Crippen molar-refractivity contribution in [2.75, 3.05) is 0 Å². The molecule has 0 aliphatic carbocycles. The van der Waals surface area contributed by atoms with Crippen molar-refractivity contribution < 1.29 is 8.83 Å². The third-order valence-corrected chi connectivity index (χ3v) is 12.4. The molecule has 1 saturated heterocycles. The SMILES string of the molecule is c1ccc(C2NC(c3ccc4c(c3)oc3ccccc34)NC(c3cc(-n4c5ccccc5c5cc6ccccc6cc54)c4oc5c6ccccc6ccc5c4c3)N2)cc1. The van der Waals surface area contributed by atoms with E-state index in [1.54, 1.807) is 0 Å². The van der Waals surface area contributed by atoms with Crippen LogP contribution in [0.15, 0.2) is 191 Å². The largest absolute Gasteiger partial charge is 0.456 e. The van der Waals surface area contributed by atoms with Crippen molar-refractivity contribution in [2.45, 2.75) is 18.5 Å². The fourth-order valence-electron chi connectivity index (χ4n) is 9.65. The third-order valence-electron chi connectivity index (χ3n) is 12.4. The van der Waals surface area contributed by atoms with Crippen LogP contribution in [0.5, 0.6) is 0 Å². The van der Waals surface area contributed by atoms with Crippen molar-refractivity contribution >= 4 is 87.2 Å². The van der Waals surface area contributed by atoms with E-state index in [0.717, 1.165) is 88.1 Å². The summed E-state index contributed by atoms with van der Waals surface area (Å²) < 4.78 is 15.9. The number of aromatic nitrogens is 1. The summed E-state index contributed by atoms with van der Waals surface area (Å²) in [5.74, 6) is 0. The molecule has 0 spiro atoms. The van der Waals surface area contributed by atoms with Crippen LogP contribution in [0.1, 0.15) is 35.2 Å². The number of para-hydroxylation sites is 2. The molecule has 0 saturated carbocycles. The Labute approximate surface area is 338 Å². The Bertz CT molecular complexity index is 3640. The number of fused-ring (bicyclic) bond motifs is 12. The maximum atomic E-state index is 7.11. The van der Waals surface area contributed by atoms with E-state index < -0.39 is 0 Å². The van der Waals surface area contributed by atoms with Gasteiger partial charge in [-0.15, -0.1) is 0 Å². The molecule has 1 fully saturated rings. The highest BCUT2D eigenvalue weighted by atomic mass is 16.3. The topological polar surface area (TPSA) is 67.3 Å². The second-order valence-corrected chi connectivity index (χ2v) is 15.8. The van der Waals surface area contributed by atoms with Crippen molar-refractivity contribution in [3.63, 3.8) is 0 Å². The number of benzene rings is 9. The van der Waals surface area contributed by atoms with E-state index in [4.69, 9.17) is 8.83 Å². The molecule has 1 aliphatic rings. The fourth-order valence-corrected chi connectivity index (χ4v) is 9.65. The van der Waals surface area contributed by atoms with E-state index in [2.05, 4.69) is 190 Å².